The molecule has 0 saturated heterocycles. The van der Waals surface area contributed by atoms with Crippen LogP contribution < -0.4 is 0 Å². The zero-order valence-corrected chi connectivity index (χ0v) is 18.1. The van der Waals surface area contributed by atoms with Crippen molar-refractivity contribution in [1.29, 1.82) is 0 Å². The Morgan fingerprint density at radius 2 is 1.64 bits per heavy atom. The van der Waals surface area contributed by atoms with Gasteiger partial charge in [-0.3, -0.25) is 4.68 Å². The first kappa shape index (κ1) is 20.4. The van der Waals surface area contributed by atoms with E-state index >= 15 is 0 Å². The largest absolute Gasteiger partial charge is 0.376 e. The van der Waals surface area contributed by atoms with Crippen molar-refractivity contribution >= 4 is 0 Å². The van der Waals surface area contributed by atoms with Crippen LogP contribution in [0.2, 0.25) is 0 Å². The molecule has 3 rings (SSSR count). The van der Waals surface area contributed by atoms with Gasteiger partial charge in [-0.15, -0.1) is 0 Å². The topological polar surface area (TPSA) is 32.0 Å². The van der Waals surface area contributed by atoms with Gasteiger partial charge in [-0.25, -0.2) is 0 Å². The molecular formula is C24H33N3O. The normalized spacial score (nSPS) is 13.1. The molecule has 0 aliphatic carbocycles. The third-order valence-electron chi connectivity index (χ3n) is 5.03. The highest BCUT2D eigenvalue weighted by atomic mass is 16.5. The van der Waals surface area contributed by atoms with Crippen molar-refractivity contribution in [3.8, 4) is 5.82 Å². The number of aromatic nitrogens is 3. The molecule has 0 radical (unpaired) electrons. The summed E-state index contributed by atoms with van der Waals surface area (Å²) < 4.78 is 10.3. The summed E-state index contributed by atoms with van der Waals surface area (Å²) in [6, 6.07) is 16.9. The van der Waals surface area contributed by atoms with Gasteiger partial charge in [-0.05, 0) is 37.5 Å². The lowest BCUT2D eigenvalue weighted by molar-refractivity contribution is 0.0851. The number of nitrogens with zero attached hydrogens (tertiary/aromatic N) is 3. The van der Waals surface area contributed by atoms with E-state index in [9.17, 15) is 0 Å². The minimum atomic E-state index is 0.0326. The van der Waals surface area contributed by atoms with Crippen molar-refractivity contribution in [1.82, 2.24) is 14.3 Å². The summed E-state index contributed by atoms with van der Waals surface area (Å²) in [5.41, 5.74) is 4.92. The molecule has 0 N–H and O–H groups in total. The molecule has 2 heterocycles. The molecule has 1 atom stereocenters. The molecule has 0 fully saturated rings. The molecule has 4 heteroatoms. The van der Waals surface area contributed by atoms with Crippen molar-refractivity contribution in [2.75, 3.05) is 6.61 Å². The number of aryl methyl sites for hydroxylation is 2. The average Bonchev–Trinajstić information content (AvgIpc) is 3.18. The van der Waals surface area contributed by atoms with E-state index in [1.54, 1.807) is 0 Å². The van der Waals surface area contributed by atoms with Crippen molar-refractivity contribution in [2.24, 2.45) is 5.92 Å². The summed E-state index contributed by atoms with van der Waals surface area (Å²) in [7, 11) is 0. The summed E-state index contributed by atoms with van der Waals surface area (Å²) in [5, 5.41) is 4.97. The zero-order chi connectivity index (χ0) is 20.3. The lowest BCUT2D eigenvalue weighted by Gasteiger charge is -2.22. The molecule has 2 aromatic heterocycles. The number of hydrogen-bond acceptors (Lipinski definition) is 2. The molecule has 0 amide bonds. The summed E-state index contributed by atoms with van der Waals surface area (Å²) >= 11 is 0. The fraction of sp³-hybridized carbons (Fsp3) is 0.458. The van der Waals surface area contributed by atoms with Crippen LogP contribution in [0.1, 0.15) is 50.3 Å². The van der Waals surface area contributed by atoms with Crippen LogP contribution >= 0.6 is 0 Å². The Bertz CT molecular complexity index is 880. The van der Waals surface area contributed by atoms with E-state index in [0.717, 1.165) is 19.0 Å². The molecular weight excluding hydrogens is 346 g/mol. The first-order valence-electron chi connectivity index (χ1n) is 10.1. The Labute approximate surface area is 169 Å². The van der Waals surface area contributed by atoms with Gasteiger partial charge in [0, 0.05) is 35.1 Å². The van der Waals surface area contributed by atoms with Crippen LogP contribution in [-0.2, 0) is 23.3 Å². The summed E-state index contributed by atoms with van der Waals surface area (Å²) in [5.74, 6) is 1.38. The van der Waals surface area contributed by atoms with Gasteiger partial charge in [0.05, 0.1) is 13.2 Å². The van der Waals surface area contributed by atoms with E-state index in [4.69, 9.17) is 9.84 Å². The van der Waals surface area contributed by atoms with Crippen molar-refractivity contribution in [3.63, 3.8) is 0 Å². The molecule has 28 heavy (non-hydrogen) atoms. The van der Waals surface area contributed by atoms with Gasteiger partial charge in [0.15, 0.2) is 5.82 Å². The second-order valence-electron chi connectivity index (χ2n) is 8.88. The highest BCUT2D eigenvalue weighted by Crippen LogP contribution is 2.26. The Balaban J connectivity index is 1.73. The molecule has 0 bridgehead atoms. The summed E-state index contributed by atoms with van der Waals surface area (Å²) in [6.07, 6.45) is 0. The molecule has 0 spiro atoms. The molecule has 3 aromatic rings. The van der Waals surface area contributed by atoms with Gasteiger partial charge in [0.2, 0.25) is 0 Å². The van der Waals surface area contributed by atoms with Crippen LogP contribution in [0.25, 0.3) is 5.82 Å². The highest BCUT2D eigenvalue weighted by Gasteiger charge is 2.23. The minimum absolute atomic E-state index is 0.0326. The molecule has 4 nitrogen and oxygen atoms in total. The lowest BCUT2D eigenvalue weighted by atomic mass is 9.92. The van der Waals surface area contributed by atoms with Gasteiger partial charge >= 0.3 is 0 Å². The molecule has 1 aromatic carbocycles. The predicted octanol–water partition coefficient (Wildman–Crippen LogP) is 5.44. The van der Waals surface area contributed by atoms with E-state index in [1.165, 1.54) is 22.6 Å². The molecule has 0 saturated carbocycles. The van der Waals surface area contributed by atoms with E-state index in [1.807, 2.05) is 18.2 Å². The number of rotatable bonds is 7. The molecule has 0 aliphatic heterocycles. The fourth-order valence-electron chi connectivity index (χ4n) is 3.59. The minimum Gasteiger partial charge on any atom is -0.376 e. The molecule has 150 valence electrons. The second kappa shape index (κ2) is 8.36. The van der Waals surface area contributed by atoms with Crippen molar-refractivity contribution in [3.05, 3.63) is 71.2 Å². The zero-order valence-electron chi connectivity index (χ0n) is 18.1. The van der Waals surface area contributed by atoms with Crippen molar-refractivity contribution < 1.29 is 4.74 Å². The van der Waals surface area contributed by atoms with E-state index in [0.29, 0.717) is 12.5 Å². The lowest BCUT2D eigenvalue weighted by Crippen LogP contribution is -2.22. The maximum Gasteiger partial charge on any atom is 0.159 e. The number of ether oxygens (including phenoxy) is 1. The molecule has 1 unspecified atom stereocenters. The second-order valence-corrected chi connectivity index (χ2v) is 8.88. The number of hydrogen-bond donors (Lipinski definition) is 0. The Kier molecular flexibility index (Phi) is 6.09. The number of benzene rings is 1. The first-order chi connectivity index (χ1) is 13.3. The third-order valence-corrected chi connectivity index (χ3v) is 5.03. The van der Waals surface area contributed by atoms with Crippen LogP contribution in [0, 0.1) is 19.8 Å². The van der Waals surface area contributed by atoms with Crippen LogP contribution in [0.5, 0.6) is 0 Å². The van der Waals surface area contributed by atoms with Gasteiger partial charge in [0.1, 0.15) is 0 Å². The quantitative estimate of drug-likeness (QED) is 0.547. The monoisotopic (exact) mass is 379 g/mol. The van der Waals surface area contributed by atoms with Crippen LogP contribution in [0.15, 0.2) is 48.5 Å². The maximum absolute atomic E-state index is 5.95. The Hall–Kier alpha value is -2.33. The van der Waals surface area contributed by atoms with Crippen molar-refractivity contribution in [2.45, 2.75) is 60.1 Å². The third kappa shape index (κ3) is 4.74. The van der Waals surface area contributed by atoms with E-state index in [2.05, 4.69) is 81.1 Å². The fourth-order valence-corrected chi connectivity index (χ4v) is 3.59. The summed E-state index contributed by atoms with van der Waals surface area (Å²) in [6.45, 7) is 15.4. The van der Waals surface area contributed by atoms with Gasteiger partial charge < -0.3 is 9.30 Å². The van der Waals surface area contributed by atoms with Gasteiger partial charge in [-0.1, -0.05) is 58.0 Å². The smallest absolute Gasteiger partial charge is 0.159 e. The Morgan fingerprint density at radius 1 is 1.00 bits per heavy atom. The van der Waals surface area contributed by atoms with Crippen LogP contribution in [0.3, 0.4) is 0 Å². The Morgan fingerprint density at radius 3 is 2.25 bits per heavy atom. The van der Waals surface area contributed by atoms with Crippen LogP contribution in [0.4, 0.5) is 0 Å². The SMILES string of the molecule is Cc1ccc(C)n1-c1cc(C(C)(C)C)n(CC(C)COCc2ccccc2)n1. The summed E-state index contributed by atoms with van der Waals surface area (Å²) in [4.78, 5) is 0. The maximum atomic E-state index is 5.95. The van der Waals surface area contributed by atoms with Gasteiger partial charge in [-0.2, -0.15) is 5.10 Å². The van der Waals surface area contributed by atoms with E-state index in [-0.39, 0.29) is 5.41 Å². The average molecular weight is 380 g/mol. The van der Waals surface area contributed by atoms with Gasteiger partial charge in [0.25, 0.3) is 0 Å². The predicted molar refractivity (Wildman–Crippen MR) is 115 cm³/mol. The first-order valence-corrected chi connectivity index (χ1v) is 10.1. The standard InChI is InChI=1S/C24H33N3O/c1-18(16-28-17-21-10-8-7-9-11-21)15-26-22(24(4,5)6)14-23(25-26)27-19(2)12-13-20(27)3/h7-14,18H,15-17H2,1-6H3. The highest BCUT2D eigenvalue weighted by molar-refractivity contribution is 5.34. The van der Waals surface area contributed by atoms with Crippen LogP contribution in [-0.4, -0.2) is 21.0 Å². The van der Waals surface area contributed by atoms with E-state index < -0.39 is 0 Å². The molecule has 0 aliphatic rings.